The van der Waals surface area contributed by atoms with Crippen molar-refractivity contribution in [1.29, 1.82) is 0 Å². The number of Topliss-reactive ketones (excluding diaryl/α,β-unsaturated/α-hetero) is 1. The molecule has 2 aliphatic rings. The molecular weight excluding hydrogens is 530 g/mol. The van der Waals surface area contributed by atoms with Gasteiger partial charge in [0.25, 0.3) is 0 Å². The highest BCUT2D eigenvalue weighted by atomic mass is 16.3. The van der Waals surface area contributed by atoms with Crippen molar-refractivity contribution in [2.24, 2.45) is 17.8 Å². The maximum absolute atomic E-state index is 11.7. The van der Waals surface area contributed by atoms with Gasteiger partial charge in [-0.3, -0.25) is 9.69 Å². The monoisotopic (exact) mass is 593 g/mol. The van der Waals surface area contributed by atoms with E-state index < -0.39 is 30.6 Å². The third-order valence-corrected chi connectivity index (χ3v) is 9.73. The lowest BCUT2D eigenvalue weighted by Gasteiger charge is -2.40. The minimum atomic E-state index is -0.723. The summed E-state index contributed by atoms with van der Waals surface area (Å²) in [5.41, 5.74) is 1.26. The minimum Gasteiger partial charge on any atom is -0.393 e. The second-order valence-corrected chi connectivity index (χ2v) is 13.3. The van der Waals surface area contributed by atoms with Gasteiger partial charge in [-0.2, -0.15) is 0 Å². The van der Waals surface area contributed by atoms with Gasteiger partial charge in [-0.1, -0.05) is 70.8 Å². The van der Waals surface area contributed by atoms with E-state index in [-0.39, 0.29) is 30.1 Å². The van der Waals surface area contributed by atoms with Gasteiger partial charge >= 0.3 is 0 Å². The lowest BCUT2D eigenvalue weighted by atomic mass is 9.82. The number of carbonyl (C=O) groups excluding carboxylic acids is 1. The zero-order chi connectivity index (χ0) is 31.1. The van der Waals surface area contributed by atoms with E-state index in [1.165, 1.54) is 5.57 Å². The van der Waals surface area contributed by atoms with Crippen molar-refractivity contribution in [3.63, 3.8) is 0 Å². The van der Waals surface area contributed by atoms with E-state index in [0.717, 1.165) is 64.2 Å². The van der Waals surface area contributed by atoms with Crippen molar-refractivity contribution < 1.29 is 30.3 Å². The molecule has 7 heteroatoms. The summed E-state index contributed by atoms with van der Waals surface area (Å²) in [7, 11) is 0. The summed E-state index contributed by atoms with van der Waals surface area (Å²) in [5, 5.41) is 54.3. The van der Waals surface area contributed by atoms with Gasteiger partial charge in [0.15, 0.2) is 0 Å². The summed E-state index contributed by atoms with van der Waals surface area (Å²) in [6, 6.07) is -0.393. The molecule has 2 aliphatic carbocycles. The summed E-state index contributed by atoms with van der Waals surface area (Å²) >= 11 is 0. The highest BCUT2D eigenvalue weighted by Crippen LogP contribution is 2.30. The average Bonchev–Trinajstić information content (AvgIpc) is 2.96. The SMILES string of the molecule is CCC=C(CCC)CN(C(O)CC)C(CC(O)C(C)CCCC1C=CC(O)CC1)C(O)CCCC1CCC(=O)CC1O. The van der Waals surface area contributed by atoms with Crippen LogP contribution >= 0.6 is 0 Å². The average molecular weight is 594 g/mol. The van der Waals surface area contributed by atoms with Crippen LogP contribution in [0.2, 0.25) is 0 Å². The van der Waals surface area contributed by atoms with Crippen molar-refractivity contribution in [3.05, 3.63) is 23.8 Å². The van der Waals surface area contributed by atoms with Crippen molar-refractivity contribution in [2.45, 2.75) is 167 Å². The molecular formula is C35H63NO6. The van der Waals surface area contributed by atoms with E-state index in [1.807, 2.05) is 17.9 Å². The Bertz CT molecular complexity index is 815. The predicted octanol–water partition coefficient (Wildman–Crippen LogP) is 5.67. The number of hydrogen-bond donors (Lipinski definition) is 5. The second kappa shape index (κ2) is 20.0. The van der Waals surface area contributed by atoms with Crippen LogP contribution in [0.1, 0.15) is 130 Å². The van der Waals surface area contributed by atoms with E-state index in [4.69, 9.17) is 0 Å². The van der Waals surface area contributed by atoms with Crippen LogP contribution in [0.3, 0.4) is 0 Å². The Morgan fingerprint density at radius 3 is 2.36 bits per heavy atom. The van der Waals surface area contributed by atoms with Crippen molar-refractivity contribution in [1.82, 2.24) is 4.90 Å². The number of ketones is 1. The van der Waals surface area contributed by atoms with Crippen molar-refractivity contribution in [3.8, 4) is 0 Å². The highest BCUT2D eigenvalue weighted by molar-refractivity contribution is 5.79. The number of nitrogens with zero attached hydrogens (tertiary/aromatic N) is 1. The molecule has 0 aliphatic heterocycles. The van der Waals surface area contributed by atoms with Crippen LogP contribution in [0.15, 0.2) is 23.8 Å². The van der Waals surface area contributed by atoms with E-state index in [0.29, 0.717) is 44.6 Å². The van der Waals surface area contributed by atoms with Crippen LogP contribution in [-0.2, 0) is 4.79 Å². The minimum absolute atomic E-state index is 0.0645. The molecule has 0 heterocycles. The van der Waals surface area contributed by atoms with Gasteiger partial charge in [-0.15, -0.1) is 0 Å². The van der Waals surface area contributed by atoms with Gasteiger partial charge < -0.3 is 25.5 Å². The summed E-state index contributed by atoms with van der Waals surface area (Å²) in [5.74, 6) is 0.769. The van der Waals surface area contributed by atoms with E-state index in [1.54, 1.807) is 0 Å². The fourth-order valence-electron chi connectivity index (χ4n) is 6.92. The Hall–Kier alpha value is -1.09. The Kier molecular flexibility index (Phi) is 17.7. The smallest absolute Gasteiger partial charge is 0.135 e. The normalized spacial score (nSPS) is 27.2. The van der Waals surface area contributed by atoms with Crippen LogP contribution < -0.4 is 0 Å². The number of carbonyl (C=O) groups is 1. The lowest BCUT2D eigenvalue weighted by Crippen LogP contribution is -2.51. The molecule has 7 nitrogen and oxygen atoms in total. The van der Waals surface area contributed by atoms with Gasteiger partial charge in [-0.25, -0.2) is 0 Å². The number of hydrogen-bond acceptors (Lipinski definition) is 7. The fourth-order valence-corrected chi connectivity index (χ4v) is 6.92. The first-order valence-corrected chi connectivity index (χ1v) is 17.1. The van der Waals surface area contributed by atoms with Crippen LogP contribution in [0.5, 0.6) is 0 Å². The molecule has 0 saturated heterocycles. The van der Waals surface area contributed by atoms with Gasteiger partial charge in [0.1, 0.15) is 12.0 Å². The molecule has 0 aromatic rings. The van der Waals surface area contributed by atoms with Crippen LogP contribution in [0.4, 0.5) is 0 Å². The Labute approximate surface area is 256 Å². The first-order valence-electron chi connectivity index (χ1n) is 17.1. The van der Waals surface area contributed by atoms with Crippen molar-refractivity contribution in [2.75, 3.05) is 6.54 Å². The molecule has 0 aromatic heterocycles. The number of aliphatic hydroxyl groups excluding tert-OH is 5. The quantitative estimate of drug-likeness (QED) is 0.0911. The Morgan fingerprint density at radius 2 is 1.74 bits per heavy atom. The van der Waals surface area contributed by atoms with E-state index in [9.17, 15) is 30.3 Å². The maximum atomic E-state index is 11.7. The topological polar surface area (TPSA) is 121 Å². The molecule has 0 bridgehead atoms. The first-order chi connectivity index (χ1) is 20.1. The molecule has 1 fully saturated rings. The summed E-state index contributed by atoms with van der Waals surface area (Å²) in [6.45, 7) is 8.88. The van der Waals surface area contributed by atoms with Crippen LogP contribution in [-0.4, -0.2) is 79.4 Å². The maximum Gasteiger partial charge on any atom is 0.135 e. The molecule has 9 unspecified atom stereocenters. The predicted molar refractivity (Wildman–Crippen MR) is 170 cm³/mol. The second-order valence-electron chi connectivity index (χ2n) is 13.3. The van der Waals surface area contributed by atoms with Gasteiger partial charge in [0, 0.05) is 25.4 Å². The van der Waals surface area contributed by atoms with Crippen LogP contribution in [0, 0.1) is 17.8 Å². The number of allylic oxidation sites excluding steroid dienone is 2. The molecule has 0 amide bonds. The highest BCUT2D eigenvalue weighted by Gasteiger charge is 2.34. The zero-order valence-corrected chi connectivity index (χ0v) is 27.0. The number of rotatable bonds is 20. The molecule has 9 atom stereocenters. The van der Waals surface area contributed by atoms with E-state index >= 15 is 0 Å². The van der Waals surface area contributed by atoms with Crippen LogP contribution in [0.25, 0.3) is 0 Å². The third kappa shape index (κ3) is 12.9. The van der Waals surface area contributed by atoms with Gasteiger partial charge in [0.05, 0.1) is 24.4 Å². The standard InChI is InChI=1S/C35H63NO6/c1-5-10-27(11-6-2)24-36(35(42)7-3)31(32(39)15-9-14-28-18-21-30(38)22-34(28)41)23-33(40)25(4)12-8-13-26-16-19-29(37)20-17-26/h10,16,19,25-26,28-29,31-35,37,39-42H,5-9,11-15,17-18,20-24H2,1-4H3. The van der Waals surface area contributed by atoms with Gasteiger partial charge in [0.2, 0.25) is 0 Å². The van der Waals surface area contributed by atoms with Gasteiger partial charge in [-0.05, 0) is 88.4 Å². The first kappa shape index (κ1) is 37.1. The Balaban J connectivity index is 2.10. The molecule has 0 spiro atoms. The molecule has 2 rings (SSSR count). The molecule has 244 valence electrons. The molecule has 42 heavy (non-hydrogen) atoms. The molecule has 0 aromatic carbocycles. The fraction of sp³-hybridized carbons (Fsp3) is 0.857. The third-order valence-electron chi connectivity index (χ3n) is 9.73. The summed E-state index contributed by atoms with van der Waals surface area (Å²) < 4.78 is 0. The Morgan fingerprint density at radius 1 is 1.00 bits per heavy atom. The summed E-state index contributed by atoms with van der Waals surface area (Å²) in [4.78, 5) is 13.7. The molecule has 0 radical (unpaired) electrons. The number of aliphatic hydroxyl groups is 5. The summed E-state index contributed by atoms with van der Waals surface area (Å²) in [6.07, 6.45) is 15.4. The zero-order valence-electron chi connectivity index (χ0n) is 27.0. The van der Waals surface area contributed by atoms with E-state index in [2.05, 4.69) is 32.9 Å². The molecule has 1 saturated carbocycles. The largest absolute Gasteiger partial charge is 0.393 e. The molecule has 5 N–H and O–H groups in total. The van der Waals surface area contributed by atoms with Crippen molar-refractivity contribution >= 4 is 5.78 Å². The lowest BCUT2D eigenvalue weighted by molar-refractivity contribution is -0.125.